The van der Waals surface area contributed by atoms with Crippen LogP contribution >= 0.6 is 0 Å². The molecule has 6 rings (SSSR count). The van der Waals surface area contributed by atoms with Crippen molar-refractivity contribution in [3.8, 4) is 5.69 Å². The summed E-state index contributed by atoms with van der Waals surface area (Å²) in [6, 6.07) is 12.3. The van der Waals surface area contributed by atoms with Crippen molar-refractivity contribution >= 4 is 22.7 Å². The molecule has 3 heterocycles. The summed E-state index contributed by atoms with van der Waals surface area (Å²) in [6.07, 6.45) is 3.84. The van der Waals surface area contributed by atoms with Crippen LogP contribution in [0.25, 0.3) is 5.69 Å². The Bertz CT molecular complexity index is 2030. The Morgan fingerprint density at radius 1 is 0.896 bits per heavy atom. The lowest BCUT2D eigenvalue weighted by atomic mass is 9.86. The molecule has 3 aromatic carbocycles. The van der Waals surface area contributed by atoms with E-state index in [1.165, 1.54) is 47.3 Å². The molecule has 1 aliphatic heterocycles. The van der Waals surface area contributed by atoms with Crippen LogP contribution in [0.3, 0.4) is 0 Å². The molecule has 1 aliphatic rings. The van der Waals surface area contributed by atoms with Gasteiger partial charge in [0.15, 0.2) is 0 Å². The SMILES string of the molecule is CC(n1ncn(-c2ccc(N3CCN(c4ccc([N+](=O)[O-])cc4[N+](=O)[O-])CC3)cc2)c1=O)C(O)(Cn1cncn1)c1ccc(F)cc1F. The molecule has 248 valence electrons. The highest BCUT2D eigenvalue weighted by Gasteiger charge is 2.42. The number of nitro benzene ring substituents is 2. The number of hydrogen-bond donors (Lipinski definition) is 1. The van der Waals surface area contributed by atoms with Crippen molar-refractivity contribution in [3.63, 3.8) is 0 Å². The number of aliphatic hydroxyl groups is 1. The van der Waals surface area contributed by atoms with Crippen LogP contribution in [0.5, 0.6) is 0 Å². The van der Waals surface area contributed by atoms with Crippen LogP contribution in [0.1, 0.15) is 18.5 Å². The predicted molar refractivity (Wildman–Crippen MR) is 167 cm³/mol. The smallest absolute Gasteiger partial charge is 0.350 e. The summed E-state index contributed by atoms with van der Waals surface area (Å²) >= 11 is 0. The third kappa shape index (κ3) is 5.95. The second kappa shape index (κ2) is 12.6. The van der Waals surface area contributed by atoms with Crippen molar-refractivity contribution in [2.75, 3.05) is 36.0 Å². The summed E-state index contributed by atoms with van der Waals surface area (Å²) in [5, 5.41) is 42.8. The minimum absolute atomic E-state index is 0.249. The summed E-state index contributed by atoms with van der Waals surface area (Å²) < 4.78 is 32.3. The van der Waals surface area contributed by atoms with Crippen molar-refractivity contribution in [1.82, 2.24) is 29.1 Å². The second-order valence-corrected chi connectivity index (χ2v) is 11.2. The predicted octanol–water partition coefficient (Wildman–Crippen LogP) is 3.20. The minimum atomic E-state index is -2.09. The van der Waals surface area contributed by atoms with Gasteiger partial charge >= 0.3 is 5.69 Å². The molecule has 0 bridgehead atoms. The molecule has 1 fully saturated rings. The molecule has 2 aromatic heterocycles. The molecule has 0 spiro atoms. The van der Waals surface area contributed by atoms with E-state index in [2.05, 4.69) is 20.1 Å². The zero-order valence-electron chi connectivity index (χ0n) is 25.3. The van der Waals surface area contributed by atoms with Gasteiger partial charge in [-0.15, -0.1) is 0 Å². The largest absolute Gasteiger partial charge is 0.381 e. The number of anilines is 2. The van der Waals surface area contributed by atoms with Crippen molar-refractivity contribution in [1.29, 1.82) is 0 Å². The molecule has 1 saturated heterocycles. The molecule has 2 atom stereocenters. The average molecular weight is 663 g/mol. The summed E-state index contributed by atoms with van der Waals surface area (Å²) in [6.45, 7) is 3.05. The number of benzene rings is 3. The zero-order valence-corrected chi connectivity index (χ0v) is 25.3. The van der Waals surface area contributed by atoms with E-state index >= 15 is 0 Å². The molecule has 0 saturated carbocycles. The van der Waals surface area contributed by atoms with Gasteiger partial charge in [-0.1, -0.05) is 6.07 Å². The first kappa shape index (κ1) is 31.9. The van der Waals surface area contributed by atoms with Crippen molar-refractivity contribution in [2.24, 2.45) is 0 Å². The first-order valence-electron chi connectivity index (χ1n) is 14.7. The standard InChI is InChI=1S/C30H28F2N10O6/c1-20(30(44,16-38-18-33-17-34-38)25-8-2-21(31)14-26(25)32)40-29(43)39(19-35-40)23-5-3-22(4-6-23)36-10-12-37(13-11-36)27-9-7-24(41(45)46)15-28(27)42(47)48/h2-9,14-15,17-20,44H,10-13,16H2,1H3. The van der Waals surface area contributed by atoms with E-state index in [0.29, 0.717) is 43.6 Å². The fourth-order valence-electron chi connectivity index (χ4n) is 5.87. The highest BCUT2D eigenvalue weighted by atomic mass is 19.1. The van der Waals surface area contributed by atoms with E-state index in [0.717, 1.165) is 28.6 Å². The van der Waals surface area contributed by atoms with Crippen LogP contribution in [-0.2, 0) is 12.1 Å². The van der Waals surface area contributed by atoms with Gasteiger partial charge in [-0.2, -0.15) is 10.2 Å². The van der Waals surface area contributed by atoms with E-state index in [1.807, 2.05) is 17.0 Å². The fourth-order valence-corrected chi connectivity index (χ4v) is 5.87. The third-order valence-electron chi connectivity index (χ3n) is 8.50. The molecule has 2 unspecified atom stereocenters. The molecule has 5 aromatic rings. The molecule has 48 heavy (non-hydrogen) atoms. The molecule has 16 nitrogen and oxygen atoms in total. The summed E-state index contributed by atoms with van der Waals surface area (Å²) in [5.41, 5.74) is -2.03. The number of rotatable bonds is 10. The Morgan fingerprint density at radius 2 is 1.58 bits per heavy atom. The van der Waals surface area contributed by atoms with E-state index in [1.54, 1.807) is 12.1 Å². The van der Waals surface area contributed by atoms with E-state index in [9.17, 15) is 38.9 Å². The summed E-state index contributed by atoms with van der Waals surface area (Å²) in [7, 11) is 0. The number of halogens is 2. The molecule has 1 N–H and O–H groups in total. The molecule has 0 radical (unpaired) electrons. The Kier molecular flexibility index (Phi) is 8.40. The van der Waals surface area contributed by atoms with Crippen LogP contribution in [-0.4, -0.2) is 70.2 Å². The monoisotopic (exact) mass is 662 g/mol. The lowest BCUT2D eigenvalue weighted by molar-refractivity contribution is -0.393. The van der Waals surface area contributed by atoms with Gasteiger partial charge in [-0.05, 0) is 43.3 Å². The van der Waals surface area contributed by atoms with Crippen LogP contribution in [0.15, 0.2) is 84.4 Å². The van der Waals surface area contributed by atoms with E-state index in [4.69, 9.17) is 0 Å². The maximum Gasteiger partial charge on any atom is 0.350 e. The van der Waals surface area contributed by atoms with E-state index < -0.39 is 38.8 Å². The Morgan fingerprint density at radius 3 is 2.21 bits per heavy atom. The molecular weight excluding hydrogens is 634 g/mol. The van der Waals surface area contributed by atoms with Gasteiger partial charge in [0, 0.05) is 49.6 Å². The van der Waals surface area contributed by atoms with Crippen molar-refractivity contribution in [2.45, 2.75) is 25.1 Å². The number of non-ortho nitro benzene ring substituents is 1. The number of hydrogen-bond acceptors (Lipinski definition) is 11. The third-order valence-corrected chi connectivity index (χ3v) is 8.50. The topological polar surface area (TPSA) is 184 Å². The van der Waals surface area contributed by atoms with Crippen molar-refractivity contribution in [3.05, 3.63) is 128 Å². The van der Waals surface area contributed by atoms with Crippen LogP contribution in [0, 0.1) is 31.9 Å². The fraction of sp³-hybridized carbons (Fsp3) is 0.267. The lowest BCUT2D eigenvalue weighted by Crippen LogP contribution is -2.46. The Labute approximate surface area is 270 Å². The van der Waals surface area contributed by atoms with Crippen molar-refractivity contribution < 1.29 is 23.7 Å². The number of nitrogens with zero attached hydrogens (tertiary/aromatic N) is 10. The molecular formula is C30H28F2N10O6. The van der Waals surface area contributed by atoms with Gasteiger partial charge in [0.2, 0.25) is 0 Å². The first-order valence-corrected chi connectivity index (χ1v) is 14.7. The second-order valence-electron chi connectivity index (χ2n) is 11.2. The van der Waals surface area contributed by atoms with Gasteiger partial charge in [-0.25, -0.2) is 32.5 Å². The maximum atomic E-state index is 15.0. The van der Waals surface area contributed by atoms with Crippen LogP contribution < -0.4 is 15.5 Å². The quantitative estimate of drug-likeness (QED) is 0.171. The normalized spacial score (nSPS) is 15.2. The first-order chi connectivity index (χ1) is 23.0. The Hall–Kier alpha value is -6.04. The van der Waals surface area contributed by atoms with Crippen LogP contribution in [0.4, 0.5) is 31.5 Å². The highest BCUT2D eigenvalue weighted by molar-refractivity contribution is 5.67. The van der Waals surface area contributed by atoms with Gasteiger partial charge < -0.3 is 14.9 Å². The van der Waals surface area contributed by atoms with Gasteiger partial charge in [0.1, 0.15) is 41.9 Å². The summed E-state index contributed by atoms with van der Waals surface area (Å²) in [5.74, 6) is -1.83. The average Bonchev–Trinajstić information content (AvgIpc) is 3.73. The molecule has 18 heteroatoms. The number of aromatic nitrogens is 6. The number of piperazine rings is 1. The molecule has 0 amide bonds. The maximum absolute atomic E-state index is 15.0. The van der Waals surface area contributed by atoms with Gasteiger partial charge in [0.05, 0.1) is 34.2 Å². The van der Waals surface area contributed by atoms with Crippen LogP contribution in [0.2, 0.25) is 0 Å². The Balaban J connectivity index is 1.20. The van der Waals surface area contributed by atoms with Gasteiger partial charge in [-0.3, -0.25) is 20.2 Å². The minimum Gasteiger partial charge on any atom is -0.381 e. The zero-order chi connectivity index (χ0) is 34.2. The van der Waals surface area contributed by atoms with E-state index in [-0.39, 0.29) is 23.5 Å². The molecule has 0 aliphatic carbocycles. The summed E-state index contributed by atoms with van der Waals surface area (Å²) in [4.78, 5) is 42.7. The lowest BCUT2D eigenvalue weighted by Gasteiger charge is -2.37. The highest BCUT2D eigenvalue weighted by Crippen LogP contribution is 2.36. The van der Waals surface area contributed by atoms with Gasteiger partial charge in [0.25, 0.3) is 11.4 Å². The number of nitro groups is 2.